The summed E-state index contributed by atoms with van der Waals surface area (Å²) in [5, 5.41) is 3.09. The predicted octanol–water partition coefficient (Wildman–Crippen LogP) is 1.50. The number of piperidine rings is 1. The molecule has 1 aliphatic heterocycles. The Kier molecular flexibility index (Phi) is 8.01. The van der Waals surface area contributed by atoms with Crippen molar-refractivity contribution in [2.75, 3.05) is 26.2 Å². The molecule has 18 heavy (non-hydrogen) atoms. The molecule has 1 aliphatic rings. The lowest BCUT2D eigenvalue weighted by molar-refractivity contribution is -0.121. The van der Waals surface area contributed by atoms with E-state index in [2.05, 4.69) is 17.1 Å². The van der Waals surface area contributed by atoms with E-state index in [4.69, 9.17) is 5.73 Å². The summed E-state index contributed by atoms with van der Waals surface area (Å²) in [6, 6.07) is 0.269. The molecule has 1 amide bonds. The quantitative estimate of drug-likeness (QED) is 0.646. The van der Waals surface area contributed by atoms with Gasteiger partial charge in [-0.2, -0.15) is 0 Å². The summed E-state index contributed by atoms with van der Waals surface area (Å²) in [6.45, 7) is 6.21. The number of nitrogens with one attached hydrogen (secondary N) is 1. The van der Waals surface area contributed by atoms with E-state index in [0.717, 1.165) is 32.4 Å². The van der Waals surface area contributed by atoms with E-state index in [0.29, 0.717) is 6.42 Å². The molecular weight excluding hydrogens is 226 g/mol. The summed E-state index contributed by atoms with van der Waals surface area (Å²) >= 11 is 0. The molecule has 0 aromatic carbocycles. The molecule has 0 aromatic rings. The Morgan fingerprint density at radius 2 is 1.94 bits per heavy atom. The number of carbonyl (C=O) groups is 1. The first-order chi connectivity index (χ1) is 8.72. The number of nitrogens with two attached hydrogens (primary N) is 1. The Morgan fingerprint density at radius 1 is 1.22 bits per heavy atom. The molecule has 0 aliphatic carbocycles. The number of hydrogen-bond acceptors (Lipinski definition) is 3. The average Bonchev–Trinajstić information content (AvgIpc) is 2.35. The van der Waals surface area contributed by atoms with E-state index >= 15 is 0 Å². The summed E-state index contributed by atoms with van der Waals surface area (Å²) in [7, 11) is 0. The van der Waals surface area contributed by atoms with Gasteiger partial charge in [0, 0.05) is 19.0 Å². The monoisotopic (exact) mass is 255 g/mol. The van der Waals surface area contributed by atoms with Gasteiger partial charge in [0.25, 0.3) is 0 Å². The maximum atomic E-state index is 11.7. The number of carbonyl (C=O) groups excluding carboxylic acids is 1. The van der Waals surface area contributed by atoms with Gasteiger partial charge >= 0.3 is 0 Å². The first-order valence-electron chi connectivity index (χ1n) is 7.44. The van der Waals surface area contributed by atoms with Gasteiger partial charge in [0.05, 0.1) is 0 Å². The van der Waals surface area contributed by atoms with Crippen LogP contribution >= 0.6 is 0 Å². The van der Waals surface area contributed by atoms with E-state index in [1.54, 1.807) is 0 Å². The Morgan fingerprint density at radius 3 is 2.61 bits per heavy atom. The molecular formula is C14H29N3O. The highest BCUT2D eigenvalue weighted by atomic mass is 16.1. The molecule has 106 valence electrons. The molecule has 0 bridgehead atoms. The van der Waals surface area contributed by atoms with Crippen LogP contribution in [0.4, 0.5) is 0 Å². The summed E-state index contributed by atoms with van der Waals surface area (Å²) in [4.78, 5) is 14.2. The molecule has 1 rings (SSSR count). The third-order valence-corrected chi connectivity index (χ3v) is 3.50. The maximum Gasteiger partial charge on any atom is 0.220 e. The molecule has 0 saturated carbocycles. The molecule has 0 spiro atoms. The second-order valence-electron chi connectivity index (χ2n) is 5.43. The number of hydrogen-bond donors (Lipinski definition) is 2. The summed E-state index contributed by atoms with van der Waals surface area (Å²) in [5.74, 6) is 0.191. The lowest BCUT2D eigenvalue weighted by atomic mass is 10.1. The average molecular weight is 255 g/mol. The summed E-state index contributed by atoms with van der Waals surface area (Å²) < 4.78 is 0. The predicted molar refractivity (Wildman–Crippen MR) is 75.4 cm³/mol. The van der Waals surface area contributed by atoms with Crippen molar-refractivity contribution in [2.45, 2.75) is 57.9 Å². The standard InChI is InChI=1S/C14H29N3O/c1-13(12-17-10-6-3-7-11-17)16-14(18)8-4-2-5-9-15/h13H,2-12,15H2,1H3,(H,16,18). The first-order valence-corrected chi connectivity index (χ1v) is 7.44. The third-order valence-electron chi connectivity index (χ3n) is 3.50. The Balaban J connectivity index is 2.06. The second-order valence-corrected chi connectivity index (χ2v) is 5.43. The van der Waals surface area contributed by atoms with Crippen LogP contribution in [0.3, 0.4) is 0 Å². The van der Waals surface area contributed by atoms with Crippen LogP contribution in [0, 0.1) is 0 Å². The molecule has 1 saturated heterocycles. The number of amides is 1. The SMILES string of the molecule is CC(CN1CCCCC1)NC(=O)CCCCCN. The Hall–Kier alpha value is -0.610. The van der Waals surface area contributed by atoms with Gasteiger partial charge < -0.3 is 16.0 Å². The third kappa shape index (κ3) is 6.97. The number of nitrogens with zero attached hydrogens (tertiary/aromatic N) is 1. The molecule has 1 heterocycles. The number of likely N-dealkylation sites (tertiary alicyclic amines) is 1. The fraction of sp³-hybridized carbons (Fsp3) is 0.929. The number of rotatable bonds is 8. The zero-order valence-electron chi connectivity index (χ0n) is 11.8. The summed E-state index contributed by atoms with van der Waals surface area (Å²) in [6.07, 6.45) is 7.66. The smallest absolute Gasteiger partial charge is 0.220 e. The highest BCUT2D eigenvalue weighted by molar-refractivity contribution is 5.76. The summed E-state index contributed by atoms with van der Waals surface area (Å²) in [5.41, 5.74) is 5.42. The van der Waals surface area contributed by atoms with Crippen molar-refractivity contribution in [1.82, 2.24) is 10.2 Å². The van der Waals surface area contributed by atoms with Crippen LogP contribution in [0.2, 0.25) is 0 Å². The van der Waals surface area contributed by atoms with Crippen molar-refractivity contribution in [1.29, 1.82) is 0 Å². The molecule has 4 nitrogen and oxygen atoms in total. The van der Waals surface area contributed by atoms with E-state index in [9.17, 15) is 4.79 Å². The van der Waals surface area contributed by atoms with Gasteiger partial charge in [0.1, 0.15) is 0 Å². The van der Waals surface area contributed by atoms with Gasteiger partial charge in [-0.15, -0.1) is 0 Å². The van der Waals surface area contributed by atoms with Gasteiger partial charge in [-0.25, -0.2) is 0 Å². The fourth-order valence-electron chi connectivity index (χ4n) is 2.53. The van der Waals surface area contributed by atoms with E-state index in [1.165, 1.54) is 32.4 Å². The molecule has 0 aromatic heterocycles. The van der Waals surface area contributed by atoms with Gasteiger partial charge in [-0.05, 0) is 52.2 Å². The Bertz CT molecular complexity index is 227. The maximum absolute atomic E-state index is 11.7. The van der Waals surface area contributed by atoms with Crippen LogP contribution in [0.25, 0.3) is 0 Å². The molecule has 1 fully saturated rings. The van der Waals surface area contributed by atoms with Gasteiger partial charge in [-0.1, -0.05) is 12.8 Å². The fourth-order valence-corrected chi connectivity index (χ4v) is 2.53. The topological polar surface area (TPSA) is 58.4 Å². The molecule has 3 N–H and O–H groups in total. The molecule has 1 unspecified atom stereocenters. The zero-order chi connectivity index (χ0) is 13.2. The lowest BCUT2D eigenvalue weighted by Gasteiger charge is -2.29. The second kappa shape index (κ2) is 9.34. The van der Waals surface area contributed by atoms with Gasteiger partial charge in [0.2, 0.25) is 5.91 Å². The van der Waals surface area contributed by atoms with E-state index in [1.807, 2.05) is 0 Å². The van der Waals surface area contributed by atoms with Crippen molar-refractivity contribution in [3.05, 3.63) is 0 Å². The van der Waals surface area contributed by atoms with Crippen LogP contribution < -0.4 is 11.1 Å². The van der Waals surface area contributed by atoms with Crippen molar-refractivity contribution >= 4 is 5.91 Å². The normalized spacial score (nSPS) is 18.6. The minimum absolute atomic E-state index is 0.191. The number of unbranched alkanes of at least 4 members (excludes halogenated alkanes) is 2. The largest absolute Gasteiger partial charge is 0.352 e. The van der Waals surface area contributed by atoms with Gasteiger partial charge in [0.15, 0.2) is 0 Å². The van der Waals surface area contributed by atoms with Crippen LogP contribution in [0.1, 0.15) is 51.9 Å². The van der Waals surface area contributed by atoms with Crippen LogP contribution in [-0.2, 0) is 4.79 Å². The van der Waals surface area contributed by atoms with Crippen molar-refractivity contribution < 1.29 is 4.79 Å². The first kappa shape index (κ1) is 15.4. The molecule has 1 atom stereocenters. The van der Waals surface area contributed by atoms with Crippen molar-refractivity contribution in [3.63, 3.8) is 0 Å². The van der Waals surface area contributed by atoms with E-state index < -0.39 is 0 Å². The zero-order valence-corrected chi connectivity index (χ0v) is 11.8. The van der Waals surface area contributed by atoms with Gasteiger partial charge in [-0.3, -0.25) is 4.79 Å². The van der Waals surface area contributed by atoms with Crippen LogP contribution in [0.15, 0.2) is 0 Å². The van der Waals surface area contributed by atoms with Crippen molar-refractivity contribution in [3.8, 4) is 0 Å². The van der Waals surface area contributed by atoms with Crippen LogP contribution in [0.5, 0.6) is 0 Å². The van der Waals surface area contributed by atoms with Crippen LogP contribution in [-0.4, -0.2) is 43.0 Å². The Labute approximate surface area is 111 Å². The highest BCUT2D eigenvalue weighted by Crippen LogP contribution is 2.08. The lowest BCUT2D eigenvalue weighted by Crippen LogP contribution is -2.43. The highest BCUT2D eigenvalue weighted by Gasteiger charge is 2.14. The van der Waals surface area contributed by atoms with Crippen molar-refractivity contribution in [2.24, 2.45) is 5.73 Å². The molecule has 4 heteroatoms. The minimum atomic E-state index is 0.191. The van der Waals surface area contributed by atoms with E-state index in [-0.39, 0.29) is 11.9 Å². The molecule has 0 radical (unpaired) electrons. The minimum Gasteiger partial charge on any atom is -0.352 e.